The highest BCUT2D eigenvalue weighted by molar-refractivity contribution is 7.99. The van der Waals surface area contributed by atoms with Gasteiger partial charge in [-0.2, -0.15) is 0 Å². The van der Waals surface area contributed by atoms with Crippen molar-refractivity contribution in [1.29, 1.82) is 0 Å². The van der Waals surface area contributed by atoms with Gasteiger partial charge in [0.1, 0.15) is 18.4 Å². The maximum Gasteiger partial charge on any atom is 0.338 e. The molecule has 0 amide bonds. The Morgan fingerprint density at radius 1 is 0.809 bits per heavy atom. The smallest absolute Gasteiger partial charge is 0.338 e. The molecule has 1 fully saturated rings. The summed E-state index contributed by atoms with van der Waals surface area (Å²) in [4.78, 5) is 48.6. The minimum absolute atomic E-state index is 0.167. The molecular formula is C33H30ClN5O7S. The first kappa shape index (κ1) is 32.3. The van der Waals surface area contributed by atoms with Gasteiger partial charge in [0.25, 0.3) is 0 Å². The number of nitrogens with one attached hydrogen (secondary N) is 2. The van der Waals surface area contributed by atoms with E-state index >= 15 is 0 Å². The summed E-state index contributed by atoms with van der Waals surface area (Å²) in [5, 5.41) is 2.05. The van der Waals surface area contributed by atoms with Gasteiger partial charge in [-0.25, -0.2) is 24.4 Å². The molecule has 4 atom stereocenters. The zero-order valence-corrected chi connectivity index (χ0v) is 26.6. The lowest BCUT2D eigenvalue weighted by Crippen LogP contribution is -2.50. The Morgan fingerprint density at radius 2 is 1.36 bits per heavy atom. The van der Waals surface area contributed by atoms with E-state index in [1.165, 1.54) is 16.9 Å². The van der Waals surface area contributed by atoms with Crippen molar-refractivity contribution in [2.24, 2.45) is 0 Å². The van der Waals surface area contributed by atoms with Gasteiger partial charge in [-0.15, -0.1) is 5.12 Å². The summed E-state index contributed by atoms with van der Waals surface area (Å²) >= 11 is 7.97. The molecule has 2 aliphatic rings. The third kappa shape index (κ3) is 7.49. The minimum atomic E-state index is -1.23. The fourth-order valence-electron chi connectivity index (χ4n) is 4.91. The molecule has 0 radical (unpaired) electrons. The first-order valence-corrected chi connectivity index (χ1v) is 16.2. The second-order valence-electron chi connectivity index (χ2n) is 10.5. The molecule has 4 aromatic rings. The van der Waals surface area contributed by atoms with Gasteiger partial charge in [-0.1, -0.05) is 84.9 Å². The van der Waals surface area contributed by atoms with Gasteiger partial charge in [0.05, 0.1) is 16.7 Å². The lowest BCUT2D eigenvalue weighted by molar-refractivity contribution is -0.0841. The fourth-order valence-corrected chi connectivity index (χ4v) is 5.87. The van der Waals surface area contributed by atoms with Gasteiger partial charge in [-0.05, 0) is 42.8 Å². The van der Waals surface area contributed by atoms with Crippen molar-refractivity contribution in [3.8, 4) is 0 Å². The highest BCUT2D eigenvalue weighted by atomic mass is 35.5. The molecule has 0 unspecified atom stereocenters. The molecule has 0 saturated carbocycles. The molecule has 12 nitrogen and oxygen atoms in total. The van der Waals surface area contributed by atoms with Gasteiger partial charge in [-0.3, -0.25) is 10.9 Å². The van der Waals surface area contributed by atoms with E-state index in [-0.39, 0.29) is 22.9 Å². The number of halogens is 1. The molecule has 3 aromatic carbocycles. The van der Waals surface area contributed by atoms with Crippen LogP contribution >= 0.6 is 23.4 Å². The molecule has 6 rings (SSSR count). The molecule has 0 bridgehead atoms. The van der Waals surface area contributed by atoms with E-state index < -0.39 is 42.4 Å². The second kappa shape index (κ2) is 14.8. The minimum Gasteiger partial charge on any atom is -0.459 e. The zero-order valence-electron chi connectivity index (χ0n) is 25.1. The van der Waals surface area contributed by atoms with Crippen molar-refractivity contribution in [2.75, 3.05) is 23.2 Å². The summed E-state index contributed by atoms with van der Waals surface area (Å²) in [6.07, 6.45) is -3.71. The Kier molecular flexibility index (Phi) is 10.2. The predicted octanol–water partition coefficient (Wildman–Crippen LogP) is 5.63. The summed E-state index contributed by atoms with van der Waals surface area (Å²) in [5.41, 5.74) is 7.43. The first-order valence-electron chi connectivity index (χ1n) is 14.8. The number of carbonyl (C=O) groups excluding carboxylic acids is 3. The van der Waals surface area contributed by atoms with Crippen LogP contribution in [0.2, 0.25) is 5.15 Å². The Bertz CT molecular complexity index is 1720. The Hall–Kier alpha value is -4.69. The number of rotatable bonds is 11. The van der Waals surface area contributed by atoms with Crippen LogP contribution in [-0.2, 0) is 18.9 Å². The molecule has 0 spiro atoms. The van der Waals surface area contributed by atoms with Crippen LogP contribution in [0.5, 0.6) is 0 Å². The average molecular weight is 676 g/mol. The lowest BCUT2D eigenvalue weighted by atomic mass is 10.1. The molecule has 2 aliphatic heterocycles. The molecule has 14 heteroatoms. The number of anilines is 2. The largest absolute Gasteiger partial charge is 0.459 e. The number of fused-ring (bicyclic) bond motifs is 1. The van der Waals surface area contributed by atoms with Crippen LogP contribution < -0.4 is 10.9 Å². The second-order valence-corrected chi connectivity index (χ2v) is 11.9. The lowest BCUT2D eigenvalue weighted by Gasteiger charge is -2.28. The third-order valence-electron chi connectivity index (χ3n) is 7.17. The monoisotopic (exact) mass is 675 g/mol. The van der Waals surface area contributed by atoms with E-state index in [1.807, 2.05) is 6.92 Å². The topological polar surface area (TPSA) is 141 Å². The van der Waals surface area contributed by atoms with Gasteiger partial charge >= 0.3 is 17.9 Å². The molecule has 47 heavy (non-hydrogen) atoms. The maximum absolute atomic E-state index is 13.4. The Labute approximate surface area is 279 Å². The standard InChI is InChI=1S/C33H30ClN5O7S/c1-2-18-47-33-35-27(34)24-28(36-33)38-39(37-24)29-26(46-32(42)22-16-10-5-11-17-22)25(45-31(41)21-14-8-4-9-15-21)23(44-29)19-43-30(40)20-12-6-3-7-13-20/h3-17,23,25-26,29,37H,2,18-19H2,1H3,(H,35,36,38)/t23-,25-,26-,29-/m1/s1. The van der Waals surface area contributed by atoms with Crippen LogP contribution in [0.15, 0.2) is 96.2 Å². The van der Waals surface area contributed by atoms with Crippen LogP contribution in [0.3, 0.4) is 0 Å². The number of esters is 3. The SMILES string of the molecule is CCCSc1nc(Cl)c2c(n1)NN([C@@H]1O[C@H](COC(=O)c3ccccc3)[C@@H](OC(=O)c3ccccc3)[C@H]1OC(=O)c1ccccc1)N2. The van der Waals surface area contributed by atoms with E-state index in [4.69, 9.17) is 30.5 Å². The van der Waals surface area contributed by atoms with Crippen LogP contribution in [-0.4, -0.2) is 69.9 Å². The van der Waals surface area contributed by atoms with E-state index in [0.717, 1.165) is 12.2 Å². The average Bonchev–Trinajstić information content (AvgIpc) is 3.69. The molecular weight excluding hydrogens is 646 g/mol. The number of hydrogen-bond donors (Lipinski definition) is 2. The number of aromatic nitrogens is 2. The number of thioether (sulfide) groups is 1. The number of hydrazine groups is 2. The highest BCUT2D eigenvalue weighted by Crippen LogP contribution is 2.39. The number of ether oxygens (including phenoxy) is 4. The van der Waals surface area contributed by atoms with E-state index in [0.29, 0.717) is 22.2 Å². The van der Waals surface area contributed by atoms with Crippen LogP contribution in [0.1, 0.15) is 44.4 Å². The highest BCUT2D eigenvalue weighted by Gasteiger charge is 2.54. The molecule has 2 N–H and O–H groups in total. The van der Waals surface area contributed by atoms with Crippen molar-refractivity contribution in [3.05, 3.63) is 113 Å². The van der Waals surface area contributed by atoms with Crippen molar-refractivity contribution >= 4 is 52.8 Å². The van der Waals surface area contributed by atoms with E-state index in [1.54, 1.807) is 91.0 Å². The zero-order chi connectivity index (χ0) is 32.8. The van der Waals surface area contributed by atoms with Crippen LogP contribution in [0.4, 0.5) is 11.5 Å². The first-order chi connectivity index (χ1) is 22.9. The summed E-state index contributed by atoms with van der Waals surface area (Å²) < 4.78 is 24.0. The van der Waals surface area contributed by atoms with Gasteiger partial charge in [0.15, 0.2) is 34.6 Å². The van der Waals surface area contributed by atoms with Gasteiger partial charge in [0.2, 0.25) is 0 Å². The van der Waals surface area contributed by atoms with Gasteiger partial charge < -0.3 is 18.9 Å². The van der Waals surface area contributed by atoms with Crippen molar-refractivity contribution in [2.45, 2.75) is 43.0 Å². The Balaban J connectivity index is 1.31. The molecule has 0 aliphatic carbocycles. The fraction of sp³-hybridized carbons (Fsp3) is 0.242. The summed E-state index contributed by atoms with van der Waals surface area (Å²) in [7, 11) is 0. The molecule has 1 aromatic heterocycles. The number of nitrogens with zero attached hydrogens (tertiary/aromatic N) is 3. The molecule has 1 saturated heterocycles. The third-order valence-corrected chi connectivity index (χ3v) is 8.50. The number of benzene rings is 3. The quantitative estimate of drug-likeness (QED) is 0.0667. The summed E-state index contributed by atoms with van der Waals surface area (Å²) in [5.74, 6) is -0.797. The number of hydrogen-bond acceptors (Lipinski definition) is 13. The summed E-state index contributed by atoms with van der Waals surface area (Å²) in [6, 6.07) is 25.2. The van der Waals surface area contributed by atoms with Crippen molar-refractivity contribution in [3.63, 3.8) is 0 Å². The maximum atomic E-state index is 13.4. The predicted molar refractivity (Wildman–Crippen MR) is 174 cm³/mol. The molecule has 3 heterocycles. The Morgan fingerprint density at radius 3 is 1.94 bits per heavy atom. The van der Waals surface area contributed by atoms with Crippen LogP contribution in [0, 0.1) is 0 Å². The number of carbonyl (C=O) groups is 3. The van der Waals surface area contributed by atoms with Crippen LogP contribution in [0.25, 0.3) is 0 Å². The van der Waals surface area contributed by atoms with Crippen molar-refractivity contribution < 1.29 is 33.3 Å². The normalized spacial score (nSPS) is 20.0. The van der Waals surface area contributed by atoms with E-state index in [2.05, 4.69) is 20.8 Å². The van der Waals surface area contributed by atoms with Crippen molar-refractivity contribution in [1.82, 2.24) is 15.1 Å². The summed E-state index contributed by atoms with van der Waals surface area (Å²) in [6.45, 7) is 1.72. The van der Waals surface area contributed by atoms with E-state index in [9.17, 15) is 14.4 Å². The van der Waals surface area contributed by atoms with Gasteiger partial charge in [0, 0.05) is 5.75 Å². The molecule has 242 valence electrons.